The van der Waals surface area contributed by atoms with E-state index >= 15 is 0 Å². The van der Waals surface area contributed by atoms with Gasteiger partial charge in [-0.2, -0.15) is 5.10 Å². The average Bonchev–Trinajstić information content (AvgIpc) is 2.83. The third kappa shape index (κ3) is 5.03. The summed E-state index contributed by atoms with van der Waals surface area (Å²) < 4.78 is 1.78. The smallest absolute Gasteiger partial charge is 0.220 e. The fourth-order valence-electron chi connectivity index (χ4n) is 2.52. The van der Waals surface area contributed by atoms with Crippen LogP contribution in [0.2, 0.25) is 0 Å². The lowest BCUT2D eigenvalue weighted by Gasteiger charge is -2.22. The van der Waals surface area contributed by atoms with Gasteiger partial charge in [-0.3, -0.25) is 9.48 Å². The van der Waals surface area contributed by atoms with Crippen molar-refractivity contribution in [3.8, 4) is 0 Å². The van der Waals surface area contributed by atoms with Gasteiger partial charge in [0.25, 0.3) is 0 Å². The molecule has 0 aromatic carbocycles. The summed E-state index contributed by atoms with van der Waals surface area (Å²) in [6.45, 7) is 2.88. The number of piperidine rings is 1. The second kappa shape index (κ2) is 7.28. The highest BCUT2D eigenvalue weighted by Crippen LogP contribution is 2.15. The van der Waals surface area contributed by atoms with Crippen LogP contribution in [0.3, 0.4) is 0 Å². The summed E-state index contributed by atoms with van der Waals surface area (Å²) in [5.74, 6) is 0.844. The number of aryl methyl sites for hydroxylation is 1. The maximum atomic E-state index is 11.7. The zero-order valence-electron chi connectivity index (χ0n) is 11.7. The Balaban J connectivity index is 1.56. The first-order valence-electron chi connectivity index (χ1n) is 7.20. The van der Waals surface area contributed by atoms with E-state index in [-0.39, 0.29) is 5.91 Å². The number of nitrogens with zero attached hydrogens (tertiary/aromatic N) is 2. The molecule has 0 saturated carbocycles. The van der Waals surface area contributed by atoms with E-state index in [2.05, 4.69) is 15.7 Å². The van der Waals surface area contributed by atoms with Crippen molar-refractivity contribution >= 4 is 5.91 Å². The molecule has 1 atom stereocenters. The molecule has 106 valence electrons. The second-order valence-electron chi connectivity index (χ2n) is 5.33. The van der Waals surface area contributed by atoms with Crippen molar-refractivity contribution in [2.24, 2.45) is 13.0 Å². The Morgan fingerprint density at radius 1 is 1.63 bits per heavy atom. The number of nitrogens with one attached hydrogen (secondary N) is 2. The molecule has 5 heteroatoms. The number of hydrogen-bond donors (Lipinski definition) is 2. The number of carbonyl (C=O) groups is 1. The van der Waals surface area contributed by atoms with Crippen LogP contribution in [0.15, 0.2) is 12.3 Å². The largest absolute Gasteiger partial charge is 0.356 e. The highest BCUT2D eigenvalue weighted by atomic mass is 16.1. The first-order valence-corrected chi connectivity index (χ1v) is 7.20. The van der Waals surface area contributed by atoms with Gasteiger partial charge in [0.05, 0.1) is 5.69 Å². The Hall–Kier alpha value is -1.36. The van der Waals surface area contributed by atoms with Crippen LogP contribution in [-0.2, 0) is 18.3 Å². The molecule has 0 spiro atoms. The molecule has 1 saturated heterocycles. The predicted octanol–water partition coefficient (Wildman–Crippen LogP) is 0.859. The van der Waals surface area contributed by atoms with Gasteiger partial charge in [-0.25, -0.2) is 0 Å². The second-order valence-corrected chi connectivity index (χ2v) is 5.33. The molecule has 1 fully saturated rings. The maximum Gasteiger partial charge on any atom is 0.220 e. The molecule has 5 nitrogen and oxygen atoms in total. The lowest BCUT2D eigenvalue weighted by molar-refractivity contribution is -0.121. The third-order valence-corrected chi connectivity index (χ3v) is 3.65. The summed E-state index contributed by atoms with van der Waals surface area (Å²) in [6, 6.07) is 1.99. The Morgan fingerprint density at radius 2 is 2.53 bits per heavy atom. The molecule has 1 aliphatic rings. The number of aromatic nitrogens is 2. The summed E-state index contributed by atoms with van der Waals surface area (Å²) >= 11 is 0. The van der Waals surface area contributed by atoms with E-state index in [4.69, 9.17) is 0 Å². The molecular weight excluding hydrogens is 240 g/mol. The van der Waals surface area contributed by atoms with Crippen molar-refractivity contribution in [1.29, 1.82) is 0 Å². The van der Waals surface area contributed by atoms with Crippen molar-refractivity contribution in [3.05, 3.63) is 18.0 Å². The lowest BCUT2D eigenvalue weighted by Crippen LogP contribution is -2.31. The van der Waals surface area contributed by atoms with Gasteiger partial charge in [-0.05, 0) is 44.3 Å². The summed E-state index contributed by atoms with van der Waals surface area (Å²) in [7, 11) is 1.90. The highest BCUT2D eigenvalue weighted by Gasteiger charge is 2.14. The molecule has 0 aliphatic carbocycles. The van der Waals surface area contributed by atoms with E-state index in [9.17, 15) is 4.79 Å². The van der Waals surface area contributed by atoms with E-state index in [1.807, 2.05) is 19.3 Å². The minimum Gasteiger partial charge on any atom is -0.356 e. The molecular formula is C14H24N4O. The quantitative estimate of drug-likeness (QED) is 0.801. The van der Waals surface area contributed by atoms with Crippen LogP contribution in [0.5, 0.6) is 0 Å². The highest BCUT2D eigenvalue weighted by molar-refractivity contribution is 5.75. The van der Waals surface area contributed by atoms with Gasteiger partial charge in [-0.1, -0.05) is 0 Å². The van der Waals surface area contributed by atoms with Gasteiger partial charge < -0.3 is 10.6 Å². The number of amides is 1. The van der Waals surface area contributed by atoms with Crippen LogP contribution in [0.1, 0.15) is 31.4 Å². The van der Waals surface area contributed by atoms with Crippen LogP contribution in [0.25, 0.3) is 0 Å². The van der Waals surface area contributed by atoms with Crippen LogP contribution >= 0.6 is 0 Å². The summed E-state index contributed by atoms with van der Waals surface area (Å²) in [4.78, 5) is 11.7. The Morgan fingerprint density at radius 3 is 3.21 bits per heavy atom. The lowest BCUT2D eigenvalue weighted by atomic mass is 9.94. The van der Waals surface area contributed by atoms with E-state index in [0.29, 0.717) is 18.9 Å². The first-order chi connectivity index (χ1) is 9.24. The standard InChI is InChI=1S/C14H24N4O/c1-18-10-7-13(17-18)6-9-16-14(19)5-4-12-3-2-8-15-11-12/h7,10,12,15H,2-6,8-9,11H2,1H3,(H,16,19). The van der Waals surface area contributed by atoms with E-state index in [0.717, 1.165) is 31.6 Å². The molecule has 2 heterocycles. The zero-order chi connectivity index (χ0) is 13.5. The van der Waals surface area contributed by atoms with Gasteiger partial charge in [0, 0.05) is 32.6 Å². The molecule has 0 radical (unpaired) electrons. The first kappa shape index (κ1) is 14.1. The molecule has 1 aromatic rings. The number of hydrogen-bond acceptors (Lipinski definition) is 3. The summed E-state index contributed by atoms with van der Waals surface area (Å²) in [5, 5.41) is 10.6. The van der Waals surface area contributed by atoms with Crippen molar-refractivity contribution in [1.82, 2.24) is 20.4 Å². The molecule has 1 unspecified atom stereocenters. The fourth-order valence-corrected chi connectivity index (χ4v) is 2.52. The fraction of sp³-hybridized carbons (Fsp3) is 0.714. The van der Waals surface area contributed by atoms with Gasteiger partial charge in [0.1, 0.15) is 0 Å². The Kier molecular flexibility index (Phi) is 5.39. The third-order valence-electron chi connectivity index (χ3n) is 3.65. The van der Waals surface area contributed by atoms with E-state index < -0.39 is 0 Å². The number of rotatable bonds is 6. The normalized spacial score (nSPS) is 19.3. The zero-order valence-corrected chi connectivity index (χ0v) is 11.7. The van der Waals surface area contributed by atoms with E-state index in [1.54, 1.807) is 4.68 Å². The van der Waals surface area contributed by atoms with Crippen molar-refractivity contribution in [2.75, 3.05) is 19.6 Å². The van der Waals surface area contributed by atoms with Crippen LogP contribution < -0.4 is 10.6 Å². The molecule has 1 aromatic heterocycles. The van der Waals surface area contributed by atoms with E-state index in [1.165, 1.54) is 12.8 Å². The van der Waals surface area contributed by atoms with Gasteiger partial charge in [-0.15, -0.1) is 0 Å². The van der Waals surface area contributed by atoms with Crippen molar-refractivity contribution < 1.29 is 4.79 Å². The van der Waals surface area contributed by atoms with Crippen LogP contribution in [0.4, 0.5) is 0 Å². The van der Waals surface area contributed by atoms with Gasteiger partial charge in [0.2, 0.25) is 5.91 Å². The topological polar surface area (TPSA) is 59.0 Å². The minimum absolute atomic E-state index is 0.168. The SMILES string of the molecule is Cn1ccc(CCNC(=O)CCC2CCCNC2)n1. The Bertz CT molecular complexity index is 396. The molecule has 0 bridgehead atoms. The van der Waals surface area contributed by atoms with Crippen LogP contribution in [0, 0.1) is 5.92 Å². The monoisotopic (exact) mass is 264 g/mol. The molecule has 2 rings (SSSR count). The molecule has 19 heavy (non-hydrogen) atoms. The van der Waals surface area contributed by atoms with Crippen molar-refractivity contribution in [3.63, 3.8) is 0 Å². The summed E-state index contributed by atoms with van der Waals surface area (Å²) in [5.41, 5.74) is 1.03. The minimum atomic E-state index is 0.168. The number of carbonyl (C=O) groups excluding carboxylic acids is 1. The van der Waals surface area contributed by atoms with Crippen LogP contribution in [-0.4, -0.2) is 35.3 Å². The molecule has 1 aliphatic heterocycles. The molecule has 1 amide bonds. The average molecular weight is 264 g/mol. The summed E-state index contributed by atoms with van der Waals surface area (Å²) in [6.07, 6.45) is 6.88. The molecule has 2 N–H and O–H groups in total. The van der Waals surface area contributed by atoms with Crippen molar-refractivity contribution in [2.45, 2.75) is 32.1 Å². The predicted molar refractivity (Wildman–Crippen MR) is 74.7 cm³/mol. The van der Waals surface area contributed by atoms with Gasteiger partial charge >= 0.3 is 0 Å². The maximum absolute atomic E-state index is 11.7. The Labute approximate surface area is 114 Å². The van der Waals surface area contributed by atoms with Gasteiger partial charge in [0.15, 0.2) is 0 Å².